The van der Waals surface area contributed by atoms with E-state index in [-0.39, 0.29) is 17.7 Å². The minimum absolute atomic E-state index is 0.216. The lowest BCUT2D eigenvalue weighted by Crippen LogP contribution is -2.41. The fraction of sp³-hybridized carbons (Fsp3) is 0.300. The Morgan fingerprint density at radius 1 is 0.818 bits per heavy atom. The van der Waals surface area contributed by atoms with Gasteiger partial charge in [0.15, 0.2) is 0 Å². The van der Waals surface area contributed by atoms with Gasteiger partial charge in [-0.3, -0.25) is 23.7 Å². The van der Waals surface area contributed by atoms with Crippen LogP contribution in [0, 0.1) is 0 Å². The highest BCUT2D eigenvalue weighted by molar-refractivity contribution is 6.07. The lowest BCUT2D eigenvalue weighted by molar-refractivity contribution is 0.0383. The van der Waals surface area contributed by atoms with Crippen molar-refractivity contribution in [3.8, 4) is 11.3 Å². The first kappa shape index (κ1) is 28.9. The number of aryl methyl sites for hydroxylation is 3. The smallest absolute Gasteiger partial charge is 0.272 e. The Hall–Kier alpha value is -5.21. The molecule has 1 saturated heterocycles. The maximum atomic E-state index is 13.2. The first-order chi connectivity index (χ1) is 21.2. The predicted molar refractivity (Wildman–Crippen MR) is 164 cm³/mol. The Balaban J connectivity index is 1.07. The van der Waals surface area contributed by atoms with Crippen molar-refractivity contribution in [2.45, 2.75) is 0 Å². The molecule has 0 atom stereocenters. The van der Waals surface area contributed by atoms with Crippen molar-refractivity contribution in [1.82, 2.24) is 38.3 Å². The summed E-state index contributed by atoms with van der Waals surface area (Å²) >= 11 is 0. The molecule has 228 valence electrons. The van der Waals surface area contributed by atoms with Crippen molar-refractivity contribution < 1.29 is 19.1 Å². The van der Waals surface area contributed by atoms with E-state index in [1.807, 2.05) is 29.1 Å². The number of morpholine rings is 1. The van der Waals surface area contributed by atoms with Crippen molar-refractivity contribution in [3.63, 3.8) is 0 Å². The van der Waals surface area contributed by atoms with Crippen LogP contribution in [0.25, 0.3) is 17.0 Å². The molecule has 0 radical (unpaired) electrons. The summed E-state index contributed by atoms with van der Waals surface area (Å²) in [5, 5.41) is 8.67. The van der Waals surface area contributed by atoms with E-state index in [1.54, 1.807) is 71.6 Å². The van der Waals surface area contributed by atoms with E-state index in [1.165, 1.54) is 0 Å². The van der Waals surface area contributed by atoms with Crippen LogP contribution >= 0.6 is 0 Å². The summed E-state index contributed by atoms with van der Waals surface area (Å²) in [5.74, 6) is -0.348. The van der Waals surface area contributed by atoms with Gasteiger partial charge in [0.25, 0.3) is 17.7 Å². The molecule has 0 spiro atoms. The van der Waals surface area contributed by atoms with E-state index in [4.69, 9.17) is 4.74 Å². The number of carbonyl (C=O) groups is 3. The molecule has 0 aromatic carbocycles. The zero-order valence-electron chi connectivity index (χ0n) is 24.8. The van der Waals surface area contributed by atoms with E-state index in [2.05, 4.69) is 30.8 Å². The molecule has 0 saturated carbocycles. The molecule has 3 amide bonds. The molecule has 3 N–H and O–H groups in total. The normalized spacial score (nSPS) is 13.7. The Morgan fingerprint density at radius 3 is 2.09 bits per heavy atom. The standard InChI is InChI=1S/C30H34N10O4/c1-36-16-20(23-19-40-7-4-5-32-30(40)35-23)13-24(36)28(42)33-22-15-26(38(3)18-22)29(43)34-21-14-25(37(2)17-21)27(41)31-6-8-39-9-11-44-12-10-39/h4-5,7,13-19H,6,8-12H2,1-3H3,(H,31,41)(H,33,42)(H,34,43). The van der Waals surface area contributed by atoms with Crippen LogP contribution in [0.4, 0.5) is 11.4 Å². The number of amides is 3. The van der Waals surface area contributed by atoms with E-state index in [9.17, 15) is 14.4 Å². The Kier molecular flexibility index (Phi) is 8.00. The van der Waals surface area contributed by atoms with Gasteiger partial charge in [0.1, 0.15) is 17.1 Å². The highest BCUT2D eigenvalue weighted by Gasteiger charge is 2.19. The van der Waals surface area contributed by atoms with Gasteiger partial charge in [-0.1, -0.05) is 0 Å². The number of hydrogen-bond acceptors (Lipinski definition) is 7. The summed E-state index contributed by atoms with van der Waals surface area (Å²) in [6.45, 7) is 4.40. The number of rotatable bonds is 9. The second-order valence-corrected chi connectivity index (χ2v) is 10.7. The highest BCUT2D eigenvalue weighted by Crippen LogP contribution is 2.23. The molecule has 0 bridgehead atoms. The molecular weight excluding hydrogens is 564 g/mol. The number of ether oxygens (including phenoxy) is 1. The van der Waals surface area contributed by atoms with E-state index < -0.39 is 0 Å². The third-order valence-corrected chi connectivity index (χ3v) is 7.58. The molecule has 6 rings (SSSR count). The molecule has 1 fully saturated rings. The average Bonchev–Trinajstić information content (AvgIpc) is 3.78. The number of hydrogen-bond donors (Lipinski definition) is 3. The van der Waals surface area contributed by atoms with Crippen molar-refractivity contribution in [3.05, 3.63) is 78.5 Å². The van der Waals surface area contributed by atoms with Crippen molar-refractivity contribution in [1.29, 1.82) is 0 Å². The molecule has 44 heavy (non-hydrogen) atoms. The molecule has 1 aliphatic rings. The third-order valence-electron chi connectivity index (χ3n) is 7.58. The number of fused-ring (bicyclic) bond motifs is 1. The van der Waals surface area contributed by atoms with Gasteiger partial charge in [-0.15, -0.1) is 0 Å². The average molecular weight is 599 g/mol. The minimum Gasteiger partial charge on any atom is -0.379 e. The van der Waals surface area contributed by atoms with Crippen LogP contribution in [0.15, 0.2) is 61.4 Å². The number of nitrogens with one attached hydrogen (secondary N) is 3. The first-order valence-electron chi connectivity index (χ1n) is 14.3. The van der Waals surface area contributed by atoms with Gasteiger partial charge < -0.3 is 34.4 Å². The predicted octanol–water partition coefficient (Wildman–Crippen LogP) is 1.98. The van der Waals surface area contributed by atoms with Crippen LogP contribution in [0.1, 0.15) is 31.5 Å². The summed E-state index contributed by atoms with van der Waals surface area (Å²) < 4.78 is 12.2. The van der Waals surface area contributed by atoms with Crippen LogP contribution in [-0.2, 0) is 25.9 Å². The summed E-state index contributed by atoms with van der Waals surface area (Å²) in [5.41, 5.74) is 3.64. The van der Waals surface area contributed by atoms with Crippen LogP contribution < -0.4 is 16.0 Å². The maximum Gasteiger partial charge on any atom is 0.272 e. The fourth-order valence-electron chi connectivity index (χ4n) is 5.25. The largest absolute Gasteiger partial charge is 0.379 e. The number of aromatic nitrogens is 6. The number of imidazole rings is 1. The quantitative estimate of drug-likeness (QED) is 0.235. The minimum atomic E-state index is -0.375. The summed E-state index contributed by atoms with van der Waals surface area (Å²) in [7, 11) is 5.26. The van der Waals surface area contributed by atoms with Gasteiger partial charge in [-0.25, -0.2) is 9.97 Å². The molecule has 5 aromatic heterocycles. The van der Waals surface area contributed by atoms with Gasteiger partial charge in [-0.05, 0) is 24.3 Å². The summed E-state index contributed by atoms with van der Waals surface area (Å²) in [6.07, 6.45) is 10.6. The van der Waals surface area contributed by atoms with E-state index in [0.29, 0.717) is 59.7 Å². The second kappa shape index (κ2) is 12.2. The van der Waals surface area contributed by atoms with Gasteiger partial charge in [0, 0.05) is 90.1 Å². The lowest BCUT2D eigenvalue weighted by atomic mass is 10.2. The molecule has 0 aliphatic carbocycles. The Morgan fingerprint density at radius 2 is 1.43 bits per heavy atom. The van der Waals surface area contributed by atoms with E-state index >= 15 is 0 Å². The van der Waals surface area contributed by atoms with Crippen LogP contribution in [0.2, 0.25) is 0 Å². The molecule has 5 aromatic rings. The van der Waals surface area contributed by atoms with Crippen molar-refractivity contribution in [2.24, 2.45) is 21.1 Å². The SMILES string of the molecule is Cn1cc(NC(=O)c2cc(NC(=O)c3cc(-c4cn5cccnc5n4)cn3C)cn2C)cc1C(=O)NCCN1CCOCC1. The summed E-state index contributed by atoms with van der Waals surface area (Å²) in [4.78, 5) is 50.1. The molecule has 0 unspecified atom stereocenters. The molecule has 14 nitrogen and oxygen atoms in total. The van der Waals surface area contributed by atoms with Gasteiger partial charge in [0.2, 0.25) is 5.78 Å². The Labute approximate surface area is 253 Å². The summed E-state index contributed by atoms with van der Waals surface area (Å²) in [6, 6.07) is 6.83. The molecule has 14 heteroatoms. The topological polar surface area (TPSA) is 145 Å². The first-order valence-corrected chi connectivity index (χ1v) is 14.3. The van der Waals surface area contributed by atoms with Crippen molar-refractivity contribution in [2.75, 3.05) is 50.0 Å². The van der Waals surface area contributed by atoms with Crippen LogP contribution in [0.5, 0.6) is 0 Å². The molecule has 1 aliphatic heterocycles. The highest BCUT2D eigenvalue weighted by atomic mass is 16.5. The Bertz CT molecular complexity index is 1810. The van der Waals surface area contributed by atoms with Gasteiger partial charge >= 0.3 is 0 Å². The lowest BCUT2D eigenvalue weighted by Gasteiger charge is -2.26. The second-order valence-electron chi connectivity index (χ2n) is 10.7. The van der Waals surface area contributed by atoms with Crippen LogP contribution in [0.3, 0.4) is 0 Å². The molecule has 6 heterocycles. The maximum absolute atomic E-state index is 13.2. The number of anilines is 2. The number of carbonyl (C=O) groups excluding carboxylic acids is 3. The number of nitrogens with zero attached hydrogens (tertiary/aromatic N) is 7. The van der Waals surface area contributed by atoms with E-state index in [0.717, 1.165) is 25.2 Å². The third kappa shape index (κ3) is 6.11. The van der Waals surface area contributed by atoms with Crippen LogP contribution in [-0.4, -0.2) is 90.1 Å². The molecular formula is C30H34N10O4. The van der Waals surface area contributed by atoms with Gasteiger partial charge in [-0.2, -0.15) is 0 Å². The van der Waals surface area contributed by atoms with Crippen molar-refractivity contribution >= 4 is 34.9 Å². The zero-order valence-corrected chi connectivity index (χ0v) is 24.8. The monoisotopic (exact) mass is 598 g/mol. The zero-order chi connectivity index (χ0) is 30.8. The fourth-order valence-corrected chi connectivity index (χ4v) is 5.25. The van der Waals surface area contributed by atoms with Gasteiger partial charge in [0.05, 0.1) is 30.3 Å².